The summed E-state index contributed by atoms with van der Waals surface area (Å²) in [5, 5.41) is 3.44. The maximum absolute atomic E-state index is 6.08. The van der Waals surface area contributed by atoms with E-state index in [1.165, 1.54) is 24.9 Å². The van der Waals surface area contributed by atoms with E-state index in [9.17, 15) is 0 Å². The number of benzene rings is 1. The van der Waals surface area contributed by atoms with Gasteiger partial charge in [-0.05, 0) is 37.8 Å². The maximum atomic E-state index is 6.08. The molecule has 3 rings (SSSR count). The molecule has 0 amide bonds. The zero-order valence-electron chi connectivity index (χ0n) is 12.6. The number of nitrogens with zero attached hydrogens (tertiary/aromatic N) is 1. The van der Waals surface area contributed by atoms with Gasteiger partial charge in [0, 0.05) is 25.7 Å². The van der Waals surface area contributed by atoms with E-state index in [0.29, 0.717) is 6.04 Å². The van der Waals surface area contributed by atoms with E-state index in [1.807, 2.05) is 0 Å². The van der Waals surface area contributed by atoms with Crippen molar-refractivity contribution in [2.45, 2.75) is 32.2 Å². The zero-order valence-corrected chi connectivity index (χ0v) is 14.2. The van der Waals surface area contributed by atoms with Crippen molar-refractivity contribution in [2.75, 3.05) is 31.1 Å². The molecule has 1 aromatic rings. The third-order valence-electron chi connectivity index (χ3n) is 4.38. The van der Waals surface area contributed by atoms with Crippen molar-refractivity contribution in [2.24, 2.45) is 5.92 Å². The molecule has 0 spiro atoms. The van der Waals surface area contributed by atoms with Crippen LogP contribution in [0.25, 0.3) is 0 Å². The van der Waals surface area contributed by atoms with E-state index in [1.54, 1.807) is 0 Å². The number of rotatable bonds is 4. The quantitative estimate of drug-likeness (QED) is 0.913. The van der Waals surface area contributed by atoms with Crippen LogP contribution in [0.5, 0.6) is 5.75 Å². The van der Waals surface area contributed by atoms with Crippen molar-refractivity contribution >= 4 is 30.5 Å². The summed E-state index contributed by atoms with van der Waals surface area (Å²) in [5.41, 5.74) is 1.26. The molecule has 1 N–H and O–H groups in total. The van der Waals surface area contributed by atoms with Gasteiger partial charge in [0.1, 0.15) is 5.75 Å². The van der Waals surface area contributed by atoms with Crippen LogP contribution in [-0.2, 0) is 0 Å². The SMILES string of the molecule is CC1CNCCN1c1ccccc1OCC1CCC1.Cl.Cl. The fourth-order valence-corrected chi connectivity index (χ4v) is 2.88. The first-order valence-corrected chi connectivity index (χ1v) is 7.54. The number of piperazine rings is 1. The molecule has 5 heteroatoms. The molecule has 1 heterocycles. The van der Waals surface area contributed by atoms with Crippen molar-refractivity contribution in [1.82, 2.24) is 5.32 Å². The maximum Gasteiger partial charge on any atom is 0.142 e. The predicted molar refractivity (Wildman–Crippen MR) is 93.5 cm³/mol. The molecule has 1 unspecified atom stereocenters. The van der Waals surface area contributed by atoms with Crippen LogP contribution in [-0.4, -0.2) is 32.3 Å². The Hall–Kier alpha value is -0.640. The van der Waals surface area contributed by atoms with Crippen LogP contribution < -0.4 is 15.0 Å². The number of nitrogens with one attached hydrogen (secondary N) is 1. The van der Waals surface area contributed by atoms with Gasteiger partial charge in [-0.1, -0.05) is 18.6 Å². The van der Waals surface area contributed by atoms with Gasteiger partial charge >= 0.3 is 0 Å². The Balaban J connectivity index is 0.00000110. The van der Waals surface area contributed by atoms with E-state index < -0.39 is 0 Å². The highest BCUT2D eigenvalue weighted by atomic mass is 35.5. The Kier molecular flexibility index (Phi) is 7.64. The molecule has 3 nitrogen and oxygen atoms in total. The summed E-state index contributed by atoms with van der Waals surface area (Å²) in [6.45, 7) is 6.33. The molecule has 2 fully saturated rings. The minimum Gasteiger partial charge on any atom is -0.491 e. The minimum atomic E-state index is 0. The highest BCUT2D eigenvalue weighted by Crippen LogP contribution is 2.32. The Morgan fingerprint density at radius 2 is 2.00 bits per heavy atom. The van der Waals surface area contributed by atoms with Crippen LogP contribution in [0.1, 0.15) is 26.2 Å². The molecule has 0 aromatic heterocycles. The molecule has 1 aliphatic carbocycles. The van der Waals surface area contributed by atoms with E-state index in [4.69, 9.17) is 4.74 Å². The number of hydrogen-bond donors (Lipinski definition) is 1. The fourth-order valence-electron chi connectivity index (χ4n) is 2.88. The molecule has 120 valence electrons. The zero-order chi connectivity index (χ0) is 13.1. The van der Waals surface area contributed by atoms with Crippen LogP contribution in [0.3, 0.4) is 0 Å². The van der Waals surface area contributed by atoms with E-state index in [2.05, 4.69) is 41.4 Å². The lowest BCUT2D eigenvalue weighted by atomic mass is 9.86. The first kappa shape index (κ1) is 18.4. The summed E-state index contributed by atoms with van der Waals surface area (Å²) in [5.74, 6) is 1.84. The molecule has 1 saturated carbocycles. The standard InChI is InChI=1S/C16H24N2O.2ClH/c1-13-11-17-9-10-18(13)15-7-2-3-8-16(15)19-12-14-5-4-6-14;;/h2-3,7-8,13-14,17H,4-6,9-12H2,1H3;2*1H. The topological polar surface area (TPSA) is 24.5 Å². The second-order valence-electron chi connectivity index (χ2n) is 5.82. The van der Waals surface area contributed by atoms with Crippen LogP contribution in [0.15, 0.2) is 24.3 Å². The fraction of sp³-hybridized carbons (Fsp3) is 0.625. The van der Waals surface area contributed by atoms with Crippen molar-refractivity contribution < 1.29 is 4.74 Å². The first-order valence-electron chi connectivity index (χ1n) is 7.54. The van der Waals surface area contributed by atoms with Crippen molar-refractivity contribution in [3.05, 3.63) is 24.3 Å². The monoisotopic (exact) mass is 332 g/mol. The van der Waals surface area contributed by atoms with Crippen LogP contribution >= 0.6 is 24.8 Å². The molecular formula is C16H26Cl2N2O. The molecule has 1 saturated heterocycles. The minimum absolute atomic E-state index is 0. The lowest BCUT2D eigenvalue weighted by Gasteiger charge is -2.37. The molecule has 1 aliphatic heterocycles. The summed E-state index contributed by atoms with van der Waals surface area (Å²) in [6.07, 6.45) is 4.06. The lowest BCUT2D eigenvalue weighted by molar-refractivity contribution is 0.180. The van der Waals surface area contributed by atoms with Crippen molar-refractivity contribution in [1.29, 1.82) is 0 Å². The number of anilines is 1. The largest absolute Gasteiger partial charge is 0.491 e. The van der Waals surface area contributed by atoms with Gasteiger partial charge in [0.2, 0.25) is 0 Å². The third kappa shape index (κ3) is 4.41. The van der Waals surface area contributed by atoms with Crippen molar-refractivity contribution in [3.63, 3.8) is 0 Å². The summed E-state index contributed by atoms with van der Waals surface area (Å²) < 4.78 is 6.08. The van der Waals surface area contributed by atoms with Gasteiger partial charge < -0.3 is 15.0 Å². The number of halogens is 2. The number of ether oxygens (including phenoxy) is 1. The van der Waals surface area contributed by atoms with Gasteiger partial charge in [-0.3, -0.25) is 0 Å². The van der Waals surface area contributed by atoms with Crippen LogP contribution in [0.2, 0.25) is 0 Å². The normalized spacial score (nSPS) is 21.8. The van der Waals surface area contributed by atoms with Crippen LogP contribution in [0, 0.1) is 5.92 Å². The van der Waals surface area contributed by atoms with Gasteiger partial charge in [-0.2, -0.15) is 0 Å². The van der Waals surface area contributed by atoms with Gasteiger partial charge in [0.05, 0.1) is 12.3 Å². The van der Waals surface area contributed by atoms with Gasteiger partial charge in [-0.25, -0.2) is 0 Å². The molecule has 21 heavy (non-hydrogen) atoms. The summed E-state index contributed by atoms with van der Waals surface area (Å²) in [7, 11) is 0. The van der Waals surface area contributed by atoms with E-state index in [-0.39, 0.29) is 24.8 Å². The van der Waals surface area contributed by atoms with Crippen molar-refractivity contribution in [3.8, 4) is 5.75 Å². The van der Waals surface area contributed by atoms with E-state index >= 15 is 0 Å². The molecule has 1 aromatic carbocycles. The molecule has 0 bridgehead atoms. The smallest absolute Gasteiger partial charge is 0.142 e. The number of hydrogen-bond acceptors (Lipinski definition) is 3. The third-order valence-corrected chi connectivity index (χ3v) is 4.38. The van der Waals surface area contributed by atoms with Gasteiger partial charge in [-0.15, -0.1) is 24.8 Å². The number of para-hydroxylation sites is 2. The second-order valence-corrected chi connectivity index (χ2v) is 5.82. The first-order chi connectivity index (χ1) is 9.34. The Morgan fingerprint density at radius 3 is 2.67 bits per heavy atom. The molecule has 1 atom stereocenters. The van der Waals surface area contributed by atoms with Crippen LogP contribution in [0.4, 0.5) is 5.69 Å². The average molecular weight is 333 g/mol. The summed E-state index contributed by atoms with van der Waals surface area (Å²) >= 11 is 0. The lowest BCUT2D eigenvalue weighted by Crippen LogP contribution is -2.50. The summed E-state index contributed by atoms with van der Waals surface area (Å²) in [4.78, 5) is 2.46. The second kappa shape index (κ2) is 8.72. The average Bonchev–Trinajstić information content (AvgIpc) is 2.38. The Labute approximate surface area is 140 Å². The van der Waals surface area contributed by atoms with Gasteiger partial charge in [0.15, 0.2) is 0 Å². The predicted octanol–water partition coefficient (Wildman–Crippen LogP) is 3.51. The molecular weight excluding hydrogens is 307 g/mol. The summed E-state index contributed by atoms with van der Waals surface area (Å²) in [6, 6.07) is 9.02. The van der Waals surface area contributed by atoms with E-state index in [0.717, 1.165) is 37.9 Å². The molecule has 0 radical (unpaired) electrons. The highest BCUT2D eigenvalue weighted by Gasteiger charge is 2.22. The molecule has 2 aliphatic rings. The Morgan fingerprint density at radius 1 is 1.24 bits per heavy atom. The highest BCUT2D eigenvalue weighted by molar-refractivity contribution is 5.85. The Bertz CT molecular complexity index is 426. The van der Waals surface area contributed by atoms with Gasteiger partial charge in [0.25, 0.3) is 0 Å².